The minimum atomic E-state index is 0.819. The van der Waals surface area contributed by atoms with E-state index in [2.05, 4.69) is 9.97 Å². The molecule has 0 aliphatic heterocycles. The minimum absolute atomic E-state index is 0.819. The highest BCUT2D eigenvalue weighted by Crippen LogP contribution is 2.13. The second-order valence-corrected chi connectivity index (χ2v) is 2.08. The van der Waals surface area contributed by atoms with Gasteiger partial charge in [-0.3, -0.25) is 0 Å². The zero-order valence-electron chi connectivity index (χ0n) is 5.53. The molecule has 3 nitrogen and oxygen atoms in total. The summed E-state index contributed by atoms with van der Waals surface area (Å²) < 4.78 is 5.09. The number of fused-ring (bicyclic) bond motifs is 1. The van der Waals surface area contributed by atoms with Crippen molar-refractivity contribution in [2.75, 3.05) is 0 Å². The minimum Gasteiger partial charge on any atom is -0.465 e. The standard InChI is InChI=1S/C7H6N2O/c1-5-7-6(4-10-5)8-2-3-9-7/h2-4H,1H3. The predicted molar refractivity (Wildman–Crippen MR) is 36.5 cm³/mol. The molecule has 2 aromatic rings. The fraction of sp³-hybridized carbons (Fsp3) is 0.143. The van der Waals surface area contributed by atoms with Gasteiger partial charge in [0.1, 0.15) is 23.1 Å². The number of aryl methyl sites for hydroxylation is 1. The van der Waals surface area contributed by atoms with E-state index in [0.717, 1.165) is 16.8 Å². The van der Waals surface area contributed by atoms with Crippen molar-refractivity contribution in [1.29, 1.82) is 0 Å². The predicted octanol–water partition coefficient (Wildman–Crippen LogP) is 1.53. The van der Waals surface area contributed by atoms with Gasteiger partial charge in [0.15, 0.2) is 0 Å². The smallest absolute Gasteiger partial charge is 0.130 e. The summed E-state index contributed by atoms with van der Waals surface area (Å²) in [5.74, 6) is 0.822. The van der Waals surface area contributed by atoms with Crippen molar-refractivity contribution in [1.82, 2.24) is 9.97 Å². The molecule has 0 aliphatic carbocycles. The molecule has 0 bridgehead atoms. The Morgan fingerprint density at radius 2 is 2.10 bits per heavy atom. The lowest BCUT2D eigenvalue weighted by Crippen LogP contribution is -1.76. The van der Waals surface area contributed by atoms with Gasteiger partial charge in [-0.05, 0) is 6.92 Å². The van der Waals surface area contributed by atoms with Crippen molar-refractivity contribution in [2.45, 2.75) is 6.92 Å². The number of rotatable bonds is 0. The molecular formula is C7H6N2O. The molecule has 0 N–H and O–H groups in total. The van der Waals surface area contributed by atoms with E-state index >= 15 is 0 Å². The lowest BCUT2D eigenvalue weighted by Gasteiger charge is -1.83. The molecule has 0 fully saturated rings. The average Bonchev–Trinajstić information content (AvgIpc) is 2.34. The van der Waals surface area contributed by atoms with E-state index in [-0.39, 0.29) is 0 Å². The van der Waals surface area contributed by atoms with E-state index in [1.165, 1.54) is 0 Å². The number of furan rings is 1. The molecule has 0 radical (unpaired) electrons. The fourth-order valence-electron chi connectivity index (χ4n) is 0.906. The third kappa shape index (κ3) is 0.603. The fourth-order valence-corrected chi connectivity index (χ4v) is 0.906. The van der Waals surface area contributed by atoms with Gasteiger partial charge in [0, 0.05) is 12.4 Å². The highest BCUT2D eigenvalue weighted by molar-refractivity contribution is 5.74. The molecule has 3 heteroatoms. The zero-order chi connectivity index (χ0) is 6.97. The van der Waals surface area contributed by atoms with E-state index in [1.807, 2.05) is 6.92 Å². The van der Waals surface area contributed by atoms with Crippen molar-refractivity contribution < 1.29 is 4.42 Å². The quantitative estimate of drug-likeness (QED) is 0.548. The van der Waals surface area contributed by atoms with Crippen molar-refractivity contribution in [3.63, 3.8) is 0 Å². The Morgan fingerprint density at radius 3 is 2.90 bits per heavy atom. The topological polar surface area (TPSA) is 38.9 Å². The second-order valence-electron chi connectivity index (χ2n) is 2.08. The van der Waals surface area contributed by atoms with Gasteiger partial charge < -0.3 is 4.42 Å². The van der Waals surface area contributed by atoms with Gasteiger partial charge >= 0.3 is 0 Å². The van der Waals surface area contributed by atoms with E-state index in [1.54, 1.807) is 18.7 Å². The maximum absolute atomic E-state index is 5.09. The van der Waals surface area contributed by atoms with Crippen LogP contribution in [0.5, 0.6) is 0 Å². The van der Waals surface area contributed by atoms with Crippen LogP contribution in [0.1, 0.15) is 5.76 Å². The van der Waals surface area contributed by atoms with Crippen LogP contribution < -0.4 is 0 Å². The van der Waals surface area contributed by atoms with Crippen LogP contribution in [-0.2, 0) is 0 Å². The van der Waals surface area contributed by atoms with Crippen LogP contribution in [0.2, 0.25) is 0 Å². The van der Waals surface area contributed by atoms with Crippen molar-refractivity contribution in [2.24, 2.45) is 0 Å². The summed E-state index contributed by atoms with van der Waals surface area (Å²) in [6.45, 7) is 1.87. The lowest BCUT2D eigenvalue weighted by atomic mass is 10.4. The summed E-state index contributed by atoms with van der Waals surface area (Å²) in [5.41, 5.74) is 1.67. The maximum Gasteiger partial charge on any atom is 0.130 e. The molecule has 0 atom stereocenters. The third-order valence-electron chi connectivity index (χ3n) is 1.41. The van der Waals surface area contributed by atoms with Gasteiger partial charge in [0.25, 0.3) is 0 Å². The highest BCUT2D eigenvalue weighted by atomic mass is 16.3. The summed E-state index contributed by atoms with van der Waals surface area (Å²) >= 11 is 0. The molecule has 2 rings (SSSR count). The van der Waals surface area contributed by atoms with E-state index in [9.17, 15) is 0 Å². The number of hydrogen-bond donors (Lipinski definition) is 0. The highest BCUT2D eigenvalue weighted by Gasteiger charge is 2.00. The molecule has 0 aliphatic rings. The van der Waals surface area contributed by atoms with Crippen LogP contribution in [-0.4, -0.2) is 9.97 Å². The van der Waals surface area contributed by atoms with Crippen LogP contribution >= 0.6 is 0 Å². The molecule has 50 valence electrons. The Balaban J connectivity index is 2.93. The molecule has 0 saturated carbocycles. The molecule has 0 spiro atoms. The summed E-state index contributed by atoms with van der Waals surface area (Å²) in [5, 5.41) is 0. The second kappa shape index (κ2) is 1.80. The van der Waals surface area contributed by atoms with Gasteiger partial charge in [-0.1, -0.05) is 0 Å². The molecule has 0 saturated heterocycles. The molecule has 10 heavy (non-hydrogen) atoms. The monoisotopic (exact) mass is 134 g/mol. The maximum atomic E-state index is 5.09. The van der Waals surface area contributed by atoms with Crippen LogP contribution in [0.3, 0.4) is 0 Å². The van der Waals surface area contributed by atoms with Crippen molar-refractivity contribution in [3.05, 3.63) is 24.4 Å². The summed E-state index contributed by atoms with van der Waals surface area (Å²) in [6, 6.07) is 0. The number of hydrogen-bond acceptors (Lipinski definition) is 3. The van der Waals surface area contributed by atoms with Crippen molar-refractivity contribution in [3.8, 4) is 0 Å². The first kappa shape index (κ1) is 5.41. The Labute approximate surface area is 57.7 Å². The first-order valence-corrected chi connectivity index (χ1v) is 3.03. The van der Waals surface area contributed by atoms with E-state index in [0.29, 0.717) is 0 Å². The summed E-state index contributed by atoms with van der Waals surface area (Å²) in [7, 11) is 0. The molecule has 2 aromatic heterocycles. The molecule has 2 heterocycles. The lowest BCUT2D eigenvalue weighted by molar-refractivity contribution is 0.538. The largest absolute Gasteiger partial charge is 0.465 e. The first-order chi connectivity index (χ1) is 4.88. The van der Waals surface area contributed by atoms with Crippen LogP contribution in [0.15, 0.2) is 23.1 Å². The van der Waals surface area contributed by atoms with Crippen LogP contribution in [0.25, 0.3) is 11.0 Å². The Hall–Kier alpha value is -1.38. The van der Waals surface area contributed by atoms with E-state index < -0.39 is 0 Å². The number of nitrogens with zero attached hydrogens (tertiary/aromatic N) is 2. The zero-order valence-corrected chi connectivity index (χ0v) is 5.53. The third-order valence-corrected chi connectivity index (χ3v) is 1.41. The van der Waals surface area contributed by atoms with Crippen LogP contribution in [0.4, 0.5) is 0 Å². The molecule has 0 unspecified atom stereocenters. The number of aromatic nitrogens is 2. The molecule has 0 aromatic carbocycles. The molecular weight excluding hydrogens is 128 g/mol. The van der Waals surface area contributed by atoms with Crippen LogP contribution in [0, 0.1) is 6.92 Å². The van der Waals surface area contributed by atoms with E-state index in [4.69, 9.17) is 4.42 Å². The average molecular weight is 134 g/mol. The Bertz CT molecular complexity index is 353. The SMILES string of the molecule is Cc1occ2nccnc12. The Morgan fingerprint density at radius 1 is 1.30 bits per heavy atom. The summed E-state index contributed by atoms with van der Waals surface area (Å²) in [6.07, 6.45) is 4.92. The molecule has 0 amide bonds. The van der Waals surface area contributed by atoms with Crippen molar-refractivity contribution >= 4 is 11.0 Å². The Kier molecular flexibility index (Phi) is 0.974. The summed E-state index contributed by atoms with van der Waals surface area (Å²) in [4.78, 5) is 8.13. The van der Waals surface area contributed by atoms with Gasteiger partial charge in [-0.25, -0.2) is 9.97 Å². The first-order valence-electron chi connectivity index (χ1n) is 3.03. The normalized spacial score (nSPS) is 10.5. The van der Waals surface area contributed by atoms with Gasteiger partial charge in [-0.15, -0.1) is 0 Å². The van der Waals surface area contributed by atoms with Gasteiger partial charge in [0.2, 0.25) is 0 Å². The van der Waals surface area contributed by atoms with Gasteiger partial charge in [0.05, 0.1) is 0 Å². The van der Waals surface area contributed by atoms with Gasteiger partial charge in [-0.2, -0.15) is 0 Å².